The molecule has 2 amide bonds. The van der Waals surface area contributed by atoms with Crippen molar-refractivity contribution in [1.82, 2.24) is 0 Å². The van der Waals surface area contributed by atoms with Crippen molar-refractivity contribution in [3.8, 4) is 5.75 Å². The molecular weight excluding hydrogens is 412 g/mol. The first-order chi connectivity index (χ1) is 15.9. The number of ether oxygens (including phenoxy) is 1. The predicted octanol–water partition coefficient (Wildman–Crippen LogP) is 5.80. The number of nitrogens with zero attached hydrogens (tertiary/aromatic N) is 1. The summed E-state index contributed by atoms with van der Waals surface area (Å²) in [5, 5.41) is 3.23. The molecule has 0 saturated heterocycles. The number of nitrogens with one attached hydrogen (secondary N) is 1. The lowest BCUT2D eigenvalue weighted by Gasteiger charge is -2.18. The number of amides is 2. The van der Waals surface area contributed by atoms with Gasteiger partial charge in [0, 0.05) is 5.69 Å². The Hall–Kier alpha value is -3.86. The van der Waals surface area contributed by atoms with Crippen LogP contribution in [0.15, 0.2) is 72.4 Å². The van der Waals surface area contributed by atoms with Crippen LogP contribution in [0, 0.1) is 20.8 Å². The molecule has 5 nitrogen and oxygen atoms in total. The Morgan fingerprint density at radius 1 is 0.848 bits per heavy atom. The van der Waals surface area contributed by atoms with Crippen LogP contribution in [0.4, 0.5) is 11.4 Å². The molecular formula is C28H28N2O3. The standard InChI is InChI=1S/C28H28N2O3/c1-5-15-33-23-12-10-21(11-13-23)25-26(29-22-8-6-7-18(2)17-22)28(32)30(27(25)31)24-14-9-19(3)16-20(24)4/h6-14,16-17,29H,5,15H2,1-4H3. The molecule has 33 heavy (non-hydrogen) atoms. The Morgan fingerprint density at radius 3 is 2.24 bits per heavy atom. The lowest BCUT2D eigenvalue weighted by molar-refractivity contribution is -0.120. The smallest absolute Gasteiger partial charge is 0.282 e. The molecule has 1 N–H and O–H groups in total. The number of carbonyl (C=O) groups excluding carboxylic acids is 2. The highest BCUT2D eigenvalue weighted by Gasteiger charge is 2.40. The van der Waals surface area contributed by atoms with Crippen LogP contribution in [-0.2, 0) is 9.59 Å². The van der Waals surface area contributed by atoms with E-state index in [1.54, 1.807) is 0 Å². The van der Waals surface area contributed by atoms with Crippen LogP contribution in [-0.4, -0.2) is 18.4 Å². The summed E-state index contributed by atoms with van der Waals surface area (Å²) in [5.74, 6) is 0.0245. The maximum absolute atomic E-state index is 13.7. The molecule has 1 heterocycles. The lowest BCUT2D eigenvalue weighted by atomic mass is 10.0. The normalized spacial score (nSPS) is 13.6. The molecule has 0 fully saturated rings. The number of benzene rings is 3. The van der Waals surface area contributed by atoms with E-state index in [4.69, 9.17) is 4.74 Å². The minimum atomic E-state index is -0.366. The van der Waals surface area contributed by atoms with Gasteiger partial charge in [0.15, 0.2) is 0 Å². The molecule has 0 saturated carbocycles. The number of hydrogen-bond donors (Lipinski definition) is 1. The largest absolute Gasteiger partial charge is 0.494 e. The predicted molar refractivity (Wildman–Crippen MR) is 132 cm³/mol. The van der Waals surface area contributed by atoms with Crippen LogP contribution in [0.2, 0.25) is 0 Å². The Balaban J connectivity index is 1.78. The van der Waals surface area contributed by atoms with Gasteiger partial charge in [0.25, 0.3) is 11.8 Å². The second-order valence-electron chi connectivity index (χ2n) is 8.35. The zero-order valence-corrected chi connectivity index (χ0v) is 19.4. The van der Waals surface area contributed by atoms with Gasteiger partial charge in [0.05, 0.1) is 17.9 Å². The van der Waals surface area contributed by atoms with E-state index in [1.807, 2.05) is 94.4 Å². The topological polar surface area (TPSA) is 58.6 Å². The van der Waals surface area contributed by atoms with Gasteiger partial charge in [0.1, 0.15) is 11.4 Å². The third-order valence-corrected chi connectivity index (χ3v) is 5.58. The van der Waals surface area contributed by atoms with Crippen LogP contribution in [0.5, 0.6) is 5.75 Å². The first-order valence-electron chi connectivity index (χ1n) is 11.2. The summed E-state index contributed by atoms with van der Waals surface area (Å²) in [6, 6.07) is 20.8. The van der Waals surface area contributed by atoms with Gasteiger partial charge in [-0.15, -0.1) is 0 Å². The summed E-state index contributed by atoms with van der Waals surface area (Å²) in [7, 11) is 0. The first kappa shape index (κ1) is 22.3. The maximum Gasteiger partial charge on any atom is 0.282 e. The fourth-order valence-corrected chi connectivity index (χ4v) is 3.99. The molecule has 4 rings (SSSR count). The van der Waals surface area contributed by atoms with Gasteiger partial charge in [-0.25, -0.2) is 4.90 Å². The van der Waals surface area contributed by atoms with Gasteiger partial charge in [0.2, 0.25) is 0 Å². The third kappa shape index (κ3) is 4.53. The molecule has 0 atom stereocenters. The number of hydrogen-bond acceptors (Lipinski definition) is 4. The van der Waals surface area contributed by atoms with Crippen molar-refractivity contribution in [2.75, 3.05) is 16.8 Å². The van der Waals surface area contributed by atoms with Gasteiger partial charge < -0.3 is 10.1 Å². The first-order valence-corrected chi connectivity index (χ1v) is 11.2. The van der Waals surface area contributed by atoms with E-state index in [1.165, 1.54) is 4.90 Å². The molecule has 3 aromatic rings. The number of anilines is 2. The van der Waals surface area contributed by atoms with Crippen LogP contribution in [0.25, 0.3) is 5.57 Å². The fourth-order valence-electron chi connectivity index (χ4n) is 3.99. The van der Waals surface area contributed by atoms with E-state index in [0.29, 0.717) is 23.4 Å². The molecule has 0 aromatic heterocycles. The van der Waals surface area contributed by atoms with Crippen molar-refractivity contribution >= 4 is 28.8 Å². The fraction of sp³-hybridized carbons (Fsp3) is 0.214. The number of carbonyl (C=O) groups is 2. The van der Waals surface area contributed by atoms with Crippen LogP contribution in [0.3, 0.4) is 0 Å². The number of aryl methyl sites for hydroxylation is 3. The molecule has 1 aliphatic rings. The summed E-state index contributed by atoms with van der Waals surface area (Å²) >= 11 is 0. The van der Waals surface area contributed by atoms with Crippen molar-refractivity contribution in [3.05, 3.63) is 94.7 Å². The van der Waals surface area contributed by atoms with Gasteiger partial charge in [-0.2, -0.15) is 0 Å². The minimum absolute atomic E-state index is 0.271. The SMILES string of the molecule is CCCOc1ccc(C2=C(Nc3cccc(C)c3)C(=O)N(c3ccc(C)cc3C)C2=O)cc1. The van der Waals surface area contributed by atoms with Gasteiger partial charge in [-0.3, -0.25) is 9.59 Å². The van der Waals surface area contributed by atoms with Gasteiger partial charge >= 0.3 is 0 Å². The second kappa shape index (κ2) is 9.33. The minimum Gasteiger partial charge on any atom is -0.494 e. The van der Waals surface area contributed by atoms with Crippen molar-refractivity contribution in [2.45, 2.75) is 34.1 Å². The molecule has 0 spiro atoms. The molecule has 3 aromatic carbocycles. The van der Waals surface area contributed by atoms with Crippen molar-refractivity contribution in [3.63, 3.8) is 0 Å². The second-order valence-corrected chi connectivity index (χ2v) is 8.35. The summed E-state index contributed by atoms with van der Waals surface area (Å²) in [4.78, 5) is 28.5. The van der Waals surface area contributed by atoms with E-state index < -0.39 is 0 Å². The lowest BCUT2D eigenvalue weighted by Crippen LogP contribution is -2.33. The van der Waals surface area contributed by atoms with Crippen molar-refractivity contribution < 1.29 is 14.3 Å². The van der Waals surface area contributed by atoms with Crippen LogP contribution < -0.4 is 15.0 Å². The van der Waals surface area contributed by atoms with E-state index in [-0.39, 0.29) is 17.5 Å². The number of rotatable bonds is 7. The zero-order valence-electron chi connectivity index (χ0n) is 19.4. The molecule has 1 aliphatic heterocycles. The van der Waals surface area contributed by atoms with E-state index in [9.17, 15) is 9.59 Å². The summed E-state index contributed by atoms with van der Waals surface area (Å²) in [6.07, 6.45) is 0.912. The summed E-state index contributed by atoms with van der Waals surface area (Å²) < 4.78 is 5.68. The monoisotopic (exact) mass is 440 g/mol. The van der Waals surface area contributed by atoms with Crippen molar-refractivity contribution in [2.24, 2.45) is 0 Å². The highest BCUT2D eigenvalue weighted by molar-refractivity contribution is 6.46. The van der Waals surface area contributed by atoms with Crippen LogP contribution >= 0.6 is 0 Å². The van der Waals surface area contributed by atoms with E-state index in [0.717, 1.165) is 34.5 Å². The Kier molecular flexibility index (Phi) is 6.31. The average molecular weight is 441 g/mol. The maximum atomic E-state index is 13.7. The average Bonchev–Trinajstić information content (AvgIpc) is 3.02. The molecule has 0 unspecified atom stereocenters. The zero-order chi connectivity index (χ0) is 23.5. The highest BCUT2D eigenvalue weighted by Crippen LogP contribution is 2.36. The summed E-state index contributed by atoms with van der Waals surface area (Å²) in [6.45, 7) is 8.56. The Bertz CT molecular complexity index is 1240. The van der Waals surface area contributed by atoms with E-state index >= 15 is 0 Å². The van der Waals surface area contributed by atoms with Gasteiger partial charge in [-0.05, 0) is 74.2 Å². The molecule has 168 valence electrons. The molecule has 0 radical (unpaired) electrons. The summed E-state index contributed by atoms with van der Waals surface area (Å²) in [5.41, 5.74) is 5.64. The van der Waals surface area contributed by atoms with Crippen molar-refractivity contribution in [1.29, 1.82) is 0 Å². The molecule has 5 heteroatoms. The van der Waals surface area contributed by atoms with Gasteiger partial charge in [-0.1, -0.05) is 48.9 Å². The Morgan fingerprint density at radius 2 is 1.58 bits per heavy atom. The molecule has 0 aliphatic carbocycles. The van der Waals surface area contributed by atoms with Crippen LogP contribution in [0.1, 0.15) is 35.6 Å². The quantitative estimate of drug-likeness (QED) is 0.472. The van der Waals surface area contributed by atoms with E-state index in [2.05, 4.69) is 5.32 Å². The highest BCUT2D eigenvalue weighted by atomic mass is 16.5. The Labute approximate surface area is 194 Å². The third-order valence-electron chi connectivity index (χ3n) is 5.58. The number of imide groups is 1. The molecule has 0 bridgehead atoms.